The van der Waals surface area contributed by atoms with E-state index in [0.717, 1.165) is 0 Å². The molecule has 0 aromatic carbocycles. The monoisotopic (exact) mass is 283 g/mol. The number of pyridine rings is 1. The molecule has 0 aliphatic carbocycles. The van der Waals surface area contributed by atoms with Gasteiger partial charge in [-0.3, -0.25) is 0 Å². The lowest BCUT2D eigenvalue weighted by Crippen LogP contribution is -2.32. The second-order valence-electron chi connectivity index (χ2n) is 4.93. The number of ether oxygens (including phenoxy) is 1. The highest BCUT2D eigenvalue weighted by Gasteiger charge is 2.14. The standard InChI is InChI=1S/C13H18ClN3O2/c1-13(2,3)19-12(18)16-6-4-5-9-7-10(15)8-17-11(9)14/h4-5,7-8H,6,15H2,1-3H3,(H,16,18). The number of nitrogens with one attached hydrogen (secondary N) is 1. The van der Waals surface area contributed by atoms with Crippen LogP contribution in [0.4, 0.5) is 10.5 Å². The van der Waals surface area contributed by atoms with Gasteiger partial charge in [0.1, 0.15) is 10.8 Å². The number of nitrogen functional groups attached to an aromatic ring is 1. The molecule has 0 aliphatic heterocycles. The normalized spacial score (nSPS) is 11.6. The molecule has 0 unspecified atom stereocenters. The van der Waals surface area contributed by atoms with Gasteiger partial charge in [-0.15, -0.1) is 0 Å². The summed E-state index contributed by atoms with van der Waals surface area (Å²) in [4.78, 5) is 15.3. The van der Waals surface area contributed by atoms with Crippen molar-refractivity contribution in [3.8, 4) is 0 Å². The highest BCUT2D eigenvalue weighted by atomic mass is 35.5. The molecule has 0 fully saturated rings. The summed E-state index contributed by atoms with van der Waals surface area (Å²) in [6.45, 7) is 5.75. The van der Waals surface area contributed by atoms with E-state index in [1.54, 1.807) is 39.0 Å². The average Bonchev–Trinajstić information content (AvgIpc) is 2.26. The maximum absolute atomic E-state index is 11.4. The van der Waals surface area contributed by atoms with Crippen LogP contribution in [-0.2, 0) is 4.74 Å². The number of alkyl carbamates (subject to hydrolysis) is 1. The summed E-state index contributed by atoms with van der Waals surface area (Å²) in [5.41, 5.74) is 6.33. The van der Waals surface area contributed by atoms with Gasteiger partial charge in [0.05, 0.1) is 11.9 Å². The van der Waals surface area contributed by atoms with Crippen LogP contribution in [0.25, 0.3) is 6.08 Å². The van der Waals surface area contributed by atoms with Crippen molar-refractivity contribution >= 4 is 29.5 Å². The molecule has 3 N–H and O–H groups in total. The van der Waals surface area contributed by atoms with E-state index in [-0.39, 0.29) is 0 Å². The van der Waals surface area contributed by atoms with Gasteiger partial charge in [-0.2, -0.15) is 0 Å². The highest BCUT2D eigenvalue weighted by Crippen LogP contribution is 2.16. The van der Waals surface area contributed by atoms with E-state index in [1.807, 2.05) is 0 Å². The molecule has 0 spiro atoms. The summed E-state index contributed by atoms with van der Waals surface area (Å²) in [6, 6.07) is 1.71. The summed E-state index contributed by atoms with van der Waals surface area (Å²) < 4.78 is 5.09. The van der Waals surface area contributed by atoms with Crippen LogP contribution in [0.15, 0.2) is 18.3 Å². The van der Waals surface area contributed by atoms with Crippen LogP contribution in [0.1, 0.15) is 26.3 Å². The lowest BCUT2D eigenvalue weighted by atomic mass is 10.2. The smallest absolute Gasteiger partial charge is 0.407 e. The first kappa shape index (κ1) is 15.3. The highest BCUT2D eigenvalue weighted by molar-refractivity contribution is 6.30. The third-order valence-corrected chi connectivity index (χ3v) is 2.26. The molecule has 1 rings (SSSR count). The van der Waals surface area contributed by atoms with Crippen LogP contribution in [0.2, 0.25) is 5.15 Å². The number of halogens is 1. The second-order valence-corrected chi connectivity index (χ2v) is 5.29. The number of aromatic nitrogens is 1. The second kappa shape index (κ2) is 6.43. The van der Waals surface area contributed by atoms with Crippen LogP contribution >= 0.6 is 11.6 Å². The van der Waals surface area contributed by atoms with Gasteiger partial charge in [0.15, 0.2) is 0 Å². The Balaban J connectivity index is 2.47. The Labute approximate surface area is 117 Å². The van der Waals surface area contributed by atoms with Gasteiger partial charge in [-0.05, 0) is 26.8 Å². The van der Waals surface area contributed by atoms with Crippen molar-refractivity contribution in [2.24, 2.45) is 0 Å². The van der Waals surface area contributed by atoms with Crippen molar-refractivity contribution in [3.63, 3.8) is 0 Å². The Hall–Kier alpha value is -1.75. The van der Waals surface area contributed by atoms with Gasteiger partial charge in [0.2, 0.25) is 0 Å². The number of carbonyl (C=O) groups excluding carboxylic acids is 1. The molecule has 1 amide bonds. The average molecular weight is 284 g/mol. The summed E-state index contributed by atoms with van der Waals surface area (Å²) >= 11 is 5.89. The Bertz CT molecular complexity index is 481. The molecule has 1 heterocycles. The zero-order chi connectivity index (χ0) is 14.5. The van der Waals surface area contributed by atoms with E-state index in [9.17, 15) is 4.79 Å². The van der Waals surface area contributed by atoms with Crippen LogP contribution in [0.3, 0.4) is 0 Å². The molecular formula is C13H18ClN3O2. The van der Waals surface area contributed by atoms with Gasteiger partial charge < -0.3 is 15.8 Å². The Kier molecular flexibility index (Phi) is 5.18. The summed E-state index contributed by atoms with van der Waals surface area (Å²) in [5.74, 6) is 0. The molecule has 1 aromatic heterocycles. The van der Waals surface area contributed by atoms with Gasteiger partial charge >= 0.3 is 6.09 Å². The number of nitrogens with zero attached hydrogens (tertiary/aromatic N) is 1. The van der Waals surface area contributed by atoms with Crippen LogP contribution in [0, 0.1) is 0 Å². The van der Waals surface area contributed by atoms with Gasteiger partial charge in [-0.1, -0.05) is 23.8 Å². The third-order valence-electron chi connectivity index (χ3n) is 1.95. The minimum absolute atomic E-state index is 0.333. The maximum atomic E-state index is 11.4. The summed E-state index contributed by atoms with van der Waals surface area (Å²) in [7, 11) is 0. The summed E-state index contributed by atoms with van der Waals surface area (Å²) in [5, 5.41) is 2.96. The lowest BCUT2D eigenvalue weighted by Gasteiger charge is -2.19. The molecule has 1 aromatic rings. The van der Waals surface area contributed by atoms with Crippen LogP contribution < -0.4 is 11.1 Å². The first-order valence-electron chi connectivity index (χ1n) is 5.82. The van der Waals surface area contributed by atoms with Crippen molar-refractivity contribution in [3.05, 3.63) is 29.1 Å². The molecule has 104 valence electrons. The maximum Gasteiger partial charge on any atom is 0.407 e. The van der Waals surface area contributed by atoms with E-state index in [2.05, 4.69) is 10.3 Å². The van der Waals surface area contributed by atoms with Crippen molar-refractivity contribution in [1.29, 1.82) is 0 Å². The SMILES string of the molecule is CC(C)(C)OC(=O)NCC=Cc1cc(N)cnc1Cl. The first-order valence-corrected chi connectivity index (χ1v) is 6.20. The first-order chi connectivity index (χ1) is 8.78. The predicted octanol–water partition coefficient (Wildman–Crippen LogP) is 2.86. The minimum Gasteiger partial charge on any atom is -0.444 e. The fourth-order valence-electron chi connectivity index (χ4n) is 1.24. The van der Waals surface area contributed by atoms with Crippen molar-refractivity contribution in [2.45, 2.75) is 26.4 Å². The molecule has 0 saturated carbocycles. The van der Waals surface area contributed by atoms with Crippen molar-refractivity contribution in [2.75, 3.05) is 12.3 Å². The van der Waals surface area contributed by atoms with E-state index in [1.165, 1.54) is 6.20 Å². The number of amides is 1. The van der Waals surface area contributed by atoms with E-state index in [0.29, 0.717) is 22.9 Å². The number of carbonyl (C=O) groups is 1. The van der Waals surface area contributed by atoms with E-state index in [4.69, 9.17) is 22.1 Å². The van der Waals surface area contributed by atoms with Crippen molar-refractivity contribution < 1.29 is 9.53 Å². The Morgan fingerprint density at radius 1 is 1.58 bits per heavy atom. The lowest BCUT2D eigenvalue weighted by molar-refractivity contribution is 0.0534. The largest absolute Gasteiger partial charge is 0.444 e. The topological polar surface area (TPSA) is 77.2 Å². The number of hydrogen-bond donors (Lipinski definition) is 2. The number of hydrogen-bond acceptors (Lipinski definition) is 4. The molecule has 6 heteroatoms. The quantitative estimate of drug-likeness (QED) is 0.836. The molecule has 5 nitrogen and oxygen atoms in total. The zero-order valence-electron chi connectivity index (χ0n) is 11.2. The van der Waals surface area contributed by atoms with Crippen LogP contribution in [0.5, 0.6) is 0 Å². The van der Waals surface area contributed by atoms with E-state index < -0.39 is 11.7 Å². The zero-order valence-corrected chi connectivity index (χ0v) is 12.0. The molecule has 0 aliphatic rings. The van der Waals surface area contributed by atoms with Gasteiger partial charge in [0, 0.05) is 12.1 Å². The van der Waals surface area contributed by atoms with Gasteiger partial charge in [-0.25, -0.2) is 9.78 Å². The number of anilines is 1. The molecule has 0 atom stereocenters. The molecule has 0 radical (unpaired) electrons. The fraction of sp³-hybridized carbons (Fsp3) is 0.385. The molecule has 0 bridgehead atoms. The fourth-order valence-corrected chi connectivity index (χ4v) is 1.41. The predicted molar refractivity (Wildman–Crippen MR) is 76.9 cm³/mol. The van der Waals surface area contributed by atoms with Crippen LogP contribution in [-0.4, -0.2) is 23.2 Å². The summed E-state index contributed by atoms with van der Waals surface area (Å²) in [6.07, 6.45) is 4.50. The minimum atomic E-state index is -0.505. The van der Waals surface area contributed by atoms with E-state index >= 15 is 0 Å². The number of rotatable bonds is 3. The molecule has 19 heavy (non-hydrogen) atoms. The molecular weight excluding hydrogens is 266 g/mol. The Morgan fingerprint density at radius 2 is 2.26 bits per heavy atom. The number of nitrogens with two attached hydrogens (primary N) is 1. The van der Waals surface area contributed by atoms with Gasteiger partial charge in [0.25, 0.3) is 0 Å². The van der Waals surface area contributed by atoms with Crippen molar-refractivity contribution in [1.82, 2.24) is 10.3 Å². The Morgan fingerprint density at radius 3 is 2.89 bits per heavy atom. The third kappa shape index (κ3) is 6.10. The molecule has 0 saturated heterocycles.